The Kier molecular flexibility index (Phi) is 4.72. The molecule has 0 aliphatic heterocycles. The molecule has 1 rings (SSSR count). The van der Waals surface area contributed by atoms with E-state index in [1.165, 1.54) is 24.1 Å². The minimum absolute atomic E-state index is 0.000669. The average Bonchev–Trinajstić information content (AvgIpc) is 2.28. The summed E-state index contributed by atoms with van der Waals surface area (Å²) in [5, 5.41) is 0.140. The zero-order chi connectivity index (χ0) is 13.9. The summed E-state index contributed by atoms with van der Waals surface area (Å²) in [7, 11) is 0.738. The van der Waals surface area contributed by atoms with E-state index in [0.29, 0.717) is 0 Å². The molecule has 7 heteroatoms. The molecule has 0 saturated heterocycles. The fourth-order valence-corrected chi connectivity index (χ4v) is 2.85. The topological polar surface area (TPSA) is 57.7 Å². The molecule has 0 atom stereocenters. The second-order valence-electron chi connectivity index (χ2n) is 3.98. The first-order valence-electron chi connectivity index (χ1n) is 5.18. The van der Waals surface area contributed by atoms with Crippen molar-refractivity contribution < 1.29 is 13.2 Å². The summed E-state index contributed by atoms with van der Waals surface area (Å²) in [5.74, 6) is -0.298. The minimum Gasteiger partial charge on any atom is -0.348 e. The first kappa shape index (κ1) is 14.9. The van der Waals surface area contributed by atoms with E-state index in [9.17, 15) is 13.2 Å². The molecule has 1 aromatic rings. The van der Waals surface area contributed by atoms with Crippen molar-refractivity contribution in [1.82, 2.24) is 9.21 Å². The van der Waals surface area contributed by atoms with Crippen LogP contribution in [0.1, 0.15) is 0 Å². The number of carbonyl (C=O) groups excluding carboxylic acids is 1. The fraction of sp³-hybridized carbons (Fsp3) is 0.364. The third kappa shape index (κ3) is 3.22. The van der Waals surface area contributed by atoms with Gasteiger partial charge in [0, 0.05) is 21.1 Å². The number of nitrogens with zero attached hydrogens (tertiary/aromatic N) is 2. The van der Waals surface area contributed by atoms with E-state index in [1.807, 2.05) is 0 Å². The van der Waals surface area contributed by atoms with Crippen LogP contribution in [0.15, 0.2) is 29.2 Å². The predicted molar refractivity (Wildman–Crippen MR) is 70.0 cm³/mol. The van der Waals surface area contributed by atoms with Crippen LogP contribution in [0, 0.1) is 0 Å². The molecule has 0 aliphatic rings. The van der Waals surface area contributed by atoms with Gasteiger partial charge in [0.25, 0.3) is 0 Å². The number of likely N-dealkylation sites (N-methyl/N-ethyl adjacent to an activating group) is 2. The maximum absolute atomic E-state index is 12.2. The molecule has 18 heavy (non-hydrogen) atoms. The summed E-state index contributed by atoms with van der Waals surface area (Å²) < 4.78 is 25.3. The highest BCUT2D eigenvalue weighted by atomic mass is 35.5. The van der Waals surface area contributed by atoms with Crippen LogP contribution in [0.4, 0.5) is 0 Å². The molecule has 0 fully saturated rings. The molecule has 5 nitrogen and oxygen atoms in total. The fourth-order valence-electron chi connectivity index (χ4n) is 1.24. The maximum atomic E-state index is 12.2. The molecular formula is C11H15ClN2O3S. The molecule has 100 valence electrons. The van der Waals surface area contributed by atoms with Gasteiger partial charge in [-0.3, -0.25) is 4.79 Å². The molecule has 0 aromatic heterocycles. The minimum atomic E-state index is -3.74. The van der Waals surface area contributed by atoms with Crippen LogP contribution in [-0.2, 0) is 14.8 Å². The standard InChI is InChI=1S/C11H15ClN2O3S/c1-13(2)11(15)8-14(3)18(16,17)10-7-5-4-6-9(10)12/h4-7H,8H2,1-3H3. The second kappa shape index (κ2) is 5.69. The van der Waals surface area contributed by atoms with Gasteiger partial charge in [0.05, 0.1) is 11.6 Å². The number of sulfonamides is 1. The number of halogens is 1. The largest absolute Gasteiger partial charge is 0.348 e. The Bertz CT molecular complexity index is 543. The number of rotatable bonds is 4. The maximum Gasteiger partial charge on any atom is 0.244 e. The van der Waals surface area contributed by atoms with Crippen molar-refractivity contribution in [3.05, 3.63) is 29.3 Å². The lowest BCUT2D eigenvalue weighted by Gasteiger charge is -2.19. The highest BCUT2D eigenvalue weighted by Gasteiger charge is 2.25. The number of benzene rings is 1. The van der Waals surface area contributed by atoms with Crippen LogP contribution in [-0.4, -0.2) is 51.2 Å². The van der Waals surface area contributed by atoms with Crippen molar-refractivity contribution >= 4 is 27.5 Å². The Morgan fingerprint density at radius 2 is 1.78 bits per heavy atom. The van der Waals surface area contributed by atoms with E-state index in [1.54, 1.807) is 26.2 Å². The molecule has 0 aliphatic carbocycles. The summed E-state index contributed by atoms with van der Waals surface area (Å²) in [6.07, 6.45) is 0. The molecule has 0 heterocycles. The Hall–Kier alpha value is -1.11. The molecule has 1 aromatic carbocycles. The van der Waals surface area contributed by atoms with Gasteiger partial charge >= 0.3 is 0 Å². The first-order chi connectivity index (χ1) is 8.26. The van der Waals surface area contributed by atoms with E-state index in [4.69, 9.17) is 11.6 Å². The lowest BCUT2D eigenvalue weighted by Crippen LogP contribution is -2.37. The van der Waals surface area contributed by atoms with Crippen molar-refractivity contribution in [2.45, 2.75) is 4.90 Å². The smallest absolute Gasteiger partial charge is 0.244 e. The van der Waals surface area contributed by atoms with E-state index >= 15 is 0 Å². The highest BCUT2D eigenvalue weighted by molar-refractivity contribution is 7.89. The van der Waals surface area contributed by atoms with Crippen molar-refractivity contribution in [1.29, 1.82) is 0 Å². The molecule has 1 amide bonds. The van der Waals surface area contributed by atoms with Gasteiger partial charge in [0.15, 0.2) is 0 Å². The van der Waals surface area contributed by atoms with Gasteiger partial charge in [-0.05, 0) is 12.1 Å². The molecule has 0 spiro atoms. The van der Waals surface area contributed by atoms with E-state index in [2.05, 4.69) is 0 Å². The third-order valence-electron chi connectivity index (χ3n) is 2.38. The van der Waals surface area contributed by atoms with Crippen LogP contribution in [0.5, 0.6) is 0 Å². The Morgan fingerprint density at radius 1 is 1.22 bits per heavy atom. The number of hydrogen-bond donors (Lipinski definition) is 0. The third-order valence-corrected chi connectivity index (χ3v) is 4.68. The number of hydrogen-bond acceptors (Lipinski definition) is 3. The van der Waals surface area contributed by atoms with Crippen molar-refractivity contribution in [2.24, 2.45) is 0 Å². The van der Waals surface area contributed by atoms with Gasteiger partial charge in [0.1, 0.15) is 4.90 Å². The quantitative estimate of drug-likeness (QED) is 0.833. The van der Waals surface area contributed by atoms with Gasteiger partial charge in [0.2, 0.25) is 15.9 Å². The van der Waals surface area contributed by atoms with Crippen LogP contribution >= 0.6 is 11.6 Å². The summed E-state index contributed by atoms with van der Waals surface area (Å²) in [5.41, 5.74) is 0. The van der Waals surface area contributed by atoms with Gasteiger partial charge in [-0.1, -0.05) is 23.7 Å². The van der Waals surface area contributed by atoms with Crippen molar-refractivity contribution in [2.75, 3.05) is 27.7 Å². The summed E-state index contributed by atoms with van der Waals surface area (Å²) >= 11 is 5.85. The van der Waals surface area contributed by atoms with Gasteiger partial charge in [-0.25, -0.2) is 8.42 Å². The van der Waals surface area contributed by atoms with Crippen LogP contribution in [0.25, 0.3) is 0 Å². The van der Waals surface area contributed by atoms with E-state index < -0.39 is 10.0 Å². The van der Waals surface area contributed by atoms with Crippen LogP contribution in [0.2, 0.25) is 5.02 Å². The molecule has 0 N–H and O–H groups in total. The van der Waals surface area contributed by atoms with Crippen molar-refractivity contribution in [3.8, 4) is 0 Å². The summed E-state index contributed by atoms with van der Waals surface area (Å²) in [4.78, 5) is 12.8. The van der Waals surface area contributed by atoms with Gasteiger partial charge in [-0.2, -0.15) is 4.31 Å². The predicted octanol–water partition coefficient (Wildman–Crippen LogP) is 1.05. The molecule has 0 bridgehead atoms. The zero-order valence-corrected chi connectivity index (χ0v) is 12.0. The summed E-state index contributed by atoms with van der Waals surface area (Å²) in [6.45, 7) is -0.222. The Morgan fingerprint density at radius 3 is 2.28 bits per heavy atom. The second-order valence-corrected chi connectivity index (χ2v) is 6.40. The molecule has 0 unspecified atom stereocenters. The van der Waals surface area contributed by atoms with Gasteiger partial charge in [-0.15, -0.1) is 0 Å². The van der Waals surface area contributed by atoms with Crippen LogP contribution in [0.3, 0.4) is 0 Å². The van der Waals surface area contributed by atoms with Gasteiger partial charge < -0.3 is 4.90 Å². The molecule has 0 saturated carbocycles. The Labute approximate surface area is 112 Å². The molecule has 0 radical (unpaired) electrons. The summed E-state index contributed by atoms with van der Waals surface area (Å²) in [6, 6.07) is 6.14. The SMILES string of the molecule is CN(C)C(=O)CN(C)S(=O)(=O)c1ccccc1Cl. The Balaban J connectivity index is 3.01. The lowest BCUT2D eigenvalue weighted by atomic mass is 10.4. The first-order valence-corrected chi connectivity index (χ1v) is 6.99. The van der Waals surface area contributed by atoms with E-state index in [-0.39, 0.29) is 22.4 Å². The zero-order valence-electron chi connectivity index (χ0n) is 10.4. The number of amides is 1. The van der Waals surface area contributed by atoms with Crippen molar-refractivity contribution in [3.63, 3.8) is 0 Å². The van der Waals surface area contributed by atoms with E-state index in [0.717, 1.165) is 4.31 Å². The number of carbonyl (C=O) groups is 1. The highest BCUT2D eigenvalue weighted by Crippen LogP contribution is 2.23. The normalized spacial score (nSPS) is 11.6. The molecular weight excluding hydrogens is 276 g/mol. The average molecular weight is 291 g/mol. The van der Waals surface area contributed by atoms with Crippen LogP contribution < -0.4 is 0 Å². The lowest BCUT2D eigenvalue weighted by molar-refractivity contribution is -0.128. The monoisotopic (exact) mass is 290 g/mol.